The summed E-state index contributed by atoms with van der Waals surface area (Å²) >= 11 is 0. The Balaban J connectivity index is 1.69. The fourth-order valence-corrected chi connectivity index (χ4v) is 5.79. The van der Waals surface area contributed by atoms with E-state index in [1.54, 1.807) is 0 Å². The van der Waals surface area contributed by atoms with Crippen molar-refractivity contribution < 1.29 is 9.84 Å². The predicted molar refractivity (Wildman–Crippen MR) is 169 cm³/mol. The highest BCUT2D eigenvalue weighted by atomic mass is 16.5. The molecular weight excluding hydrogens is 520 g/mol. The number of nitrogens with one attached hydrogen (secondary N) is 1. The summed E-state index contributed by atoms with van der Waals surface area (Å²) in [4.78, 5) is 10.4. The summed E-state index contributed by atoms with van der Waals surface area (Å²) in [6, 6.07) is 39.5. The van der Waals surface area contributed by atoms with E-state index >= 15 is 0 Å². The van der Waals surface area contributed by atoms with Crippen molar-refractivity contribution in [3.63, 3.8) is 0 Å². The first kappa shape index (κ1) is 27.6. The molecule has 0 saturated carbocycles. The lowest BCUT2D eigenvalue weighted by Gasteiger charge is -2.37. The largest absolute Gasteiger partial charge is 0.389 e. The van der Waals surface area contributed by atoms with Crippen molar-refractivity contribution in [2.75, 3.05) is 11.9 Å². The first-order valence-corrected chi connectivity index (χ1v) is 14.4. The van der Waals surface area contributed by atoms with Gasteiger partial charge in [-0.25, -0.2) is 9.97 Å². The molecule has 6 heteroatoms. The summed E-state index contributed by atoms with van der Waals surface area (Å²) in [5.74, 6) is 1.41. The summed E-state index contributed by atoms with van der Waals surface area (Å²) in [6.45, 7) is 6.86. The highest BCUT2D eigenvalue weighted by molar-refractivity contribution is 6.07. The number of rotatable bonds is 10. The molecule has 0 unspecified atom stereocenters. The van der Waals surface area contributed by atoms with Crippen molar-refractivity contribution in [1.82, 2.24) is 14.5 Å². The number of fused-ring (bicyclic) bond motifs is 3. The third-order valence-corrected chi connectivity index (χ3v) is 7.57. The number of aliphatic hydroxyl groups is 1. The molecule has 0 radical (unpaired) electrons. The monoisotopic (exact) mass is 556 g/mol. The van der Waals surface area contributed by atoms with Crippen LogP contribution in [-0.4, -0.2) is 31.8 Å². The Labute approximate surface area is 246 Å². The molecule has 6 rings (SSSR count). The topological polar surface area (TPSA) is 72.2 Å². The summed E-state index contributed by atoms with van der Waals surface area (Å²) < 4.78 is 7.95. The Kier molecular flexibility index (Phi) is 7.50. The third kappa shape index (κ3) is 5.15. The Morgan fingerprint density at radius 3 is 1.79 bits per heavy atom. The van der Waals surface area contributed by atoms with Crippen LogP contribution in [0.5, 0.6) is 0 Å². The molecule has 2 heterocycles. The third-order valence-electron chi connectivity index (χ3n) is 7.57. The quantitative estimate of drug-likeness (QED) is 0.173. The minimum atomic E-state index is -0.964. The molecule has 0 atom stereocenters. The van der Waals surface area contributed by atoms with Crippen molar-refractivity contribution in [3.05, 3.63) is 138 Å². The van der Waals surface area contributed by atoms with Crippen LogP contribution in [0.2, 0.25) is 0 Å². The Hall–Kier alpha value is -4.52. The van der Waals surface area contributed by atoms with Gasteiger partial charge >= 0.3 is 0 Å². The minimum Gasteiger partial charge on any atom is -0.389 e. The maximum Gasteiger partial charge on any atom is 0.156 e. The molecular formula is C36H36N4O2. The van der Waals surface area contributed by atoms with Gasteiger partial charge in [0.2, 0.25) is 0 Å². The number of nitrogens with zero attached hydrogens (tertiary/aromatic N) is 3. The van der Waals surface area contributed by atoms with E-state index in [-0.39, 0.29) is 0 Å². The van der Waals surface area contributed by atoms with Crippen LogP contribution in [-0.2, 0) is 23.4 Å². The van der Waals surface area contributed by atoms with Gasteiger partial charge in [0.25, 0.3) is 0 Å². The number of aromatic nitrogens is 3. The summed E-state index contributed by atoms with van der Waals surface area (Å²) in [5.41, 5.74) is 4.00. The van der Waals surface area contributed by atoms with Crippen molar-refractivity contribution in [1.29, 1.82) is 0 Å². The van der Waals surface area contributed by atoms with Crippen molar-refractivity contribution in [3.8, 4) is 0 Å². The molecule has 6 nitrogen and oxygen atoms in total. The molecule has 0 fully saturated rings. The molecule has 0 bridgehead atoms. The lowest BCUT2D eigenvalue weighted by Crippen LogP contribution is -2.38. The zero-order valence-electron chi connectivity index (χ0n) is 24.3. The minimum absolute atomic E-state index is 0.330. The average Bonchev–Trinajstić information content (AvgIpc) is 3.37. The number of hydrogen-bond acceptors (Lipinski definition) is 5. The second-order valence-electron chi connectivity index (χ2n) is 11.2. The molecule has 6 aromatic rings. The molecule has 2 aromatic heterocycles. The summed E-state index contributed by atoms with van der Waals surface area (Å²) in [5, 5.41) is 15.9. The number of ether oxygens (including phenoxy) is 1. The molecule has 0 amide bonds. The second-order valence-corrected chi connectivity index (χ2v) is 11.2. The van der Waals surface area contributed by atoms with Crippen LogP contribution in [0.4, 0.5) is 5.82 Å². The lowest BCUT2D eigenvalue weighted by molar-refractivity contribution is 0.0582. The lowest BCUT2D eigenvalue weighted by atomic mass is 9.77. The highest BCUT2D eigenvalue weighted by Gasteiger charge is 2.38. The Bertz CT molecular complexity index is 1700. The molecule has 0 saturated heterocycles. The van der Waals surface area contributed by atoms with Gasteiger partial charge in [-0.1, -0.05) is 109 Å². The van der Waals surface area contributed by atoms with E-state index in [1.807, 2.05) is 57.2 Å². The molecule has 0 aliphatic carbocycles. The van der Waals surface area contributed by atoms with Crippen LogP contribution in [0.3, 0.4) is 0 Å². The van der Waals surface area contributed by atoms with E-state index < -0.39 is 11.1 Å². The van der Waals surface area contributed by atoms with E-state index in [1.165, 1.54) is 0 Å². The first-order chi connectivity index (χ1) is 20.4. The smallest absolute Gasteiger partial charge is 0.156 e. The van der Waals surface area contributed by atoms with Crippen LogP contribution in [0.15, 0.2) is 115 Å². The SMILES string of the molecule is CCOCc1nc2c(NC(c3ccccc3)(c3ccccc3)c3ccccc3)nc3ccccc3c2n1CC(C)(C)O. The van der Waals surface area contributed by atoms with Gasteiger partial charge < -0.3 is 19.7 Å². The van der Waals surface area contributed by atoms with Gasteiger partial charge in [0.15, 0.2) is 5.82 Å². The number of para-hydroxylation sites is 1. The zero-order chi connectivity index (χ0) is 29.2. The molecule has 42 heavy (non-hydrogen) atoms. The summed E-state index contributed by atoms with van der Waals surface area (Å²) in [6.07, 6.45) is 0. The Morgan fingerprint density at radius 1 is 0.738 bits per heavy atom. The van der Waals surface area contributed by atoms with E-state index in [9.17, 15) is 5.11 Å². The molecule has 2 N–H and O–H groups in total. The molecule has 0 spiro atoms. The van der Waals surface area contributed by atoms with Gasteiger partial charge in [-0.3, -0.25) is 0 Å². The van der Waals surface area contributed by atoms with Gasteiger partial charge in [0.05, 0.1) is 23.2 Å². The Morgan fingerprint density at radius 2 is 1.26 bits per heavy atom. The highest BCUT2D eigenvalue weighted by Crippen LogP contribution is 2.42. The average molecular weight is 557 g/mol. The molecule has 0 aliphatic rings. The fourth-order valence-electron chi connectivity index (χ4n) is 5.79. The van der Waals surface area contributed by atoms with Gasteiger partial charge in [-0.15, -0.1) is 0 Å². The van der Waals surface area contributed by atoms with Crippen LogP contribution in [0, 0.1) is 0 Å². The van der Waals surface area contributed by atoms with Crippen LogP contribution in [0.25, 0.3) is 21.9 Å². The number of benzene rings is 4. The first-order valence-electron chi connectivity index (χ1n) is 14.4. The molecule has 212 valence electrons. The van der Waals surface area contributed by atoms with E-state index in [0.717, 1.165) is 44.5 Å². The van der Waals surface area contributed by atoms with Gasteiger partial charge in [-0.2, -0.15) is 0 Å². The van der Waals surface area contributed by atoms with Crippen LogP contribution < -0.4 is 5.32 Å². The summed E-state index contributed by atoms with van der Waals surface area (Å²) in [7, 11) is 0. The maximum absolute atomic E-state index is 11.0. The maximum atomic E-state index is 11.0. The predicted octanol–water partition coefficient (Wildman–Crippen LogP) is 7.30. The number of imidazole rings is 1. The number of anilines is 1. The standard InChI is InChI=1S/C36H36N4O2/c1-4-42-24-31-38-32-33(40(31)25-35(2,3)41)29-22-14-15-23-30(29)37-34(32)39-36(26-16-8-5-9-17-26,27-18-10-6-11-19-27)28-20-12-7-13-21-28/h5-23,41H,4,24-25H2,1-3H3,(H,37,39). The number of hydrogen-bond donors (Lipinski definition) is 2. The normalized spacial score (nSPS) is 12.2. The number of pyridine rings is 1. The van der Waals surface area contributed by atoms with Gasteiger partial charge in [-0.05, 0) is 43.5 Å². The van der Waals surface area contributed by atoms with Gasteiger partial charge in [0, 0.05) is 12.0 Å². The zero-order valence-corrected chi connectivity index (χ0v) is 24.3. The molecule has 4 aromatic carbocycles. The van der Waals surface area contributed by atoms with E-state index in [4.69, 9.17) is 14.7 Å². The fraction of sp³-hybridized carbons (Fsp3) is 0.222. The molecule has 0 aliphatic heterocycles. The second kappa shape index (κ2) is 11.4. The van der Waals surface area contributed by atoms with E-state index in [2.05, 4.69) is 88.7 Å². The van der Waals surface area contributed by atoms with Crippen molar-refractivity contribution in [2.45, 2.75) is 45.1 Å². The van der Waals surface area contributed by atoms with Crippen LogP contribution in [0.1, 0.15) is 43.3 Å². The van der Waals surface area contributed by atoms with Crippen molar-refractivity contribution >= 4 is 27.8 Å². The van der Waals surface area contributed by atoms with Crippen molar-refractivity contribution in [2.24, 2.45) is 0 Å². The van der Waals surface area contributed by atoms with Crippen LogP contribution >= 0.6 is 0 Å². The van der Waals surface area contributed by atoms with E-state index in [0.29, 0.717) is 25.6 Å². The van der Waals surface area contributed by atoms with Gasteiger partial charge in [0.1, 0.15) is 23.5 Å².